The molecule has 0 unspecified atom stereocenters. The van der Waals surface area contributed by atoms with Crippen LogP contribution in [0.2, 0.25) is 0 Å². The van der Waals surface area contributed by atoms with E-state index in [9.17, 15) is 0 Å². The zero-order chi connectivity index (χ0) is 21.9. The van der Waals surface area contributed by atoms with Crippen LogP contribution in [0.5, 0.6) is 11.8 Å². The number of ether oxygens (including phenoxy) is 3. The summed E-state index contributed by atoms with van der Waals surface area (Å²) in [6.07, 6.45) is 8.92. The van der Waals surface area contributed by atoms with Crippen molar-refractivity contribution in [1.82, 2.24) is 29.5 Å². The molecule has 1 aromatic carbocycles. The minimum Gasteiger partial charge on any atom is -0.497 e. The summed E-state index contributed by atoms with van der Waals surface area (Å²) in [7, 11) is 3.22. The number of benzene rings is 1. The smallest absolute Gasteiger partial charge is 0.316 e. The summed E-state index contributed by atoms with van der Waals surface area (Å²) in [6.45, 7) is 2.00. The van der Waals surface area contributed by atoms with Crippen LogP contribution in [-0.2, 0) is 24.1 Å². The Hall–Kier alpha value is -3.72. The molecule has 3 aromatic heterocycles. The van der Waals surface area contributed by atoms with E-state index in [2.05, 4.69) is 15.1 Å². The van der Waals surface area contributed by atoms with Gasteiger partial charge in [0.15, 0.2) is 0 Å². The van der Waals surface area contributed by atoms with Crippen LogP contribution in [-0.4, -0.2) is 57.0 Å². The first-order valence-corrected chi connectivity index (χ1v) is 10.5. The van der Waals surface area contributed by atoms with Gasteiger partial charge in [0.1, 0.15) is 11.4 Å². The molecule has 9 nitrogen and oxygen atoms in total. The Morgan fingerprint density at radius 2 is 1.75 bits per heavy atom. The third kappa shape index (κ3) is 3.94. The normalized spacial score (nSPS) is 13.4. The van der Waals surface area contributed by atoms with Crippen molar-refractivity contribution < 1.29 is 14.2 Å². The van der Waals surface area contributed by atoms with Gasteiger partial charge in [-0.05, 0) is 24.1 Å². The molecule has 0 spiro atoms. The van der Waals surface area contributed by atoms with Crippen LogP contribution in [0.4, 0.5) is 0 Å². The molecule has 32 heavy (non-hydrogen) atoms. The zero-order valence-corrected chi connectivity index (χ0v) is 18.1. The van der Waals surface area contributed by atoms with Crippen LogP contribution >= 0.6 is 0 Å². The molecule has 4 aromatic rings. The number of hydrogen-bond acceptors (Lipinski definition) is 7. The van der Waals surface area contributed by atoms with Crippen molar-refractivity contribution in [3.8, 4) is 28.7 Å². The number of aromatic nitrogens is 6. The fourth-order valence-electron chi connectivity index (χ4n) is 3.91. The van der Waals surface area contributed by atoms with Crippen LogP contribution in [0.1, 0.15) is 16.8 Å². The van der Waals surface area contributed by atoms with Crippen LogP contribution < -0.4 is 9.47 Å². The molecule has 4 heterocycles. The minimum atomic E-state index is 0.329. The van der Waals surface area contributed by atoms with Crippen LogP contribution in [0.25, 0.3) is 16.9 Å². The van der Waals surface area contributed by atoms with Crippen molar-refractivity contribution in [3.63, 3.8) is 0 Å². The fourth-order valence-corrected chi connectivity index (χ4v) is 3.91. The van der Waals surface area contributed by atoms with E-state index in [1.54, 1.807) is 26.6 Å². The van der Waals surface area contributed by atoms with Gasteiger partial charge in [-0.15, -0.1) is 0 Å². The standard InChI is InChI=1S/C23H24N6O3/c1-30-19-5-3-16(4-6-19)14-28-15-17(11-26-28)22-20-7-9-32-10-8-21(20)29(27-22)18-12-24-23(31-2)25-13-18/h3-6,11-13,15H,7-10,14H2,1-2H3. The second-order valence-corrected chi connectivity index (χ2v) is 7.50. The van der Waals surface area contributed by atoms with Gasteiger partial charge < -0.3 is 14.2 Å². The summed E-state index contributed by atoms with van der Waals surface area (Å²) in [5.41, 5.74) is 6.14. The number of nitrogens with zero attached hydrogens (tertiary/aromatic N) is 6. The van der Waals surface area contributed by atoms with Crippen molar-refractivity contribution in [2.75, 3.05) is 27.4 Å². The van der Waals surface area contributed by atoms with Gasteiger partial charge in [-0.3, -0.25) is 4.68 Å². The third-order valence-electron chi connectivity index (χ3n) is 5.52. The summed E-state index contributed by atoms with van der Waals surface area (Å²) in [6, 6.07) is 8.33. The molecular formula is C23H24N6O3. The number of hydrogen-bond donors (Lipinski definition) is 0. The van der Waals surface area contributed by atoms with Gasteiger partial charge in [0.2, 0.25) is 0 Å². The predicted octanol–water partition coefficient (Wildman–Crippen LogP) is 2.71. The first-order chi connectivity index (χ1) is 15.7. The second-order valence-electron chi connectivity index (χ2n) is 7.50. The summed E-state index contributed by atoms with van der Waals surface area (Å²) < 4.78 is 19.9. The van der Waals surface area contributed by atoms with Gasteiger partial charge in [-0.25, -0.2) is 14.6 Å². The Labute approximate surface area is 185 Å². The molecule has 0 aliphatic carbocycles. The third-order valence-corrected chi connectivity index (χ3v) is 5.52. The van der Waals surface area contributed by atoms with Gasteiger partial charge in [0.05, 0.1) is 64.0 Å². The average molecular weight is 432 g/mol. The Morgan fingerprint density at radius 3 is 2.50 bits per heavy atom. The highest BCUT2D eigenvalue weighted by Crippen LogP contribution is 2.30. The number of fused-ring (bicyclic) bond motifs is 1. The summed E-state index contributed by atoms with van der Waals surface area (Å²) >= 11 is 0. The highest BCUT2D eigenvalue weighted by atomic mass is 16.5. The zero-order valence-electron chi connectivity index (χ0n) is 18.1. The topological polar surface area (TPSA) is 89.1 Å². The Kier molecular flexibility index (Phi) is 5.55. The molecular weight excluding hydrogens is 408 g/mol. The van der Waals surface area contributed by atoms with E-state index in [4.69, 9.17) is 19.3 Å². The van der Waals surface area contributed by atoms with E-state index >= 15 is 0 Å². The molecule has 0 amide bonds. The average Bonchev–Trinajstić information content (AvgIpc) is 3.36. The summed E-state index contributed by atoms with van der Waals surface area (Å²) in [4.78, 5) is 8.48. The van der Waals surface area contributed by atoms with Crippen molar-refractivity contribution in [2.24, 2.45) is 0 Å². The first kappa shape index (κ1) is 20.2. The summed E-state index contributed by atoms with van der Waals surface area (Å²) in [5.74, 6) is 0.841. The molecule has 0 atom stereocenters. The van der Waals surface area contributed by atoms with Crippen LogP contribution in [0, 0.1) is 0 Å². The molecule has 0 saturated carbocycles. The first-order valence-electron chi connectivity index (χ1n) is 10.5. The van der Waals surface area contributed by atoms with Gasteiger partial charge in [-0.1, -0.05) is 12.1 Å². The van der Waals surface area contributed by atoms with E-state index in [1.807, 2.05) is 46.0 Å². The lowest BCUT2D eigenvalue weighted by molar-refractivity contribution is 0.145. The minimum absolute atomic E-state index is 0.329. The molecule has 9 heteroatoms. The highest BCUT2D eigenvalue weighted by molar-refractivity contribution is 5.64. The molecule has 1 aliphatic heterocycles. The molecule has 0 fully saturated rings. The number of methoxy groups -OCH3 is 2. The van der Waals surface area contributed by atoms with E-state index in [0.29, 0.717) is 25.8 Å². The molecule has 164 valence electrons. The monoisotopic (exact) mass is 432 g/mol. The molecule has 0 radical (unpaired) electrons. The van der Waals surface area contributed by atoms with Crippen molar-refractivity contribution >= 4 is 0 Å². The maximum absolute atomic E-state index is 5.73. The maximum atomic E-state index is 5.73. The fraction of sp³-hybridized carbons (Fsp3) is 0.304. The van der Waals surface area contributed by atoms with Crippen molar-refractivity contribution in [3.05, 3.63) is 65.9 Å². The quantitative estimate of drug-likeness (QED) is 0.463. The maximum Gasteiger partial charge on any atom is 0.316 e. The number of rotatable bonds is 6. The Bertz CT molecular complexity index is 1200. The van der Waals surface area contributed by atoms with Gasteiger partial charge in [-0.2, -0.15) is 10.2 Å². The SMILES string of the molecule is COc1ccc(Cn2cc(-c3nn(-c4cnc(OC)nc4)c4c3CCOCC4)cn2)cc1. The van der Waals surface area contributed by atoms with Crippen molar-refractivity contribution in [2.45, 2.75) is 19.4 Å². The molecule has 0 saturated heterocycles. The van der Waals surface area contributed by atoms with Gasteiger partial charge in [0, 0.05) is 23.7 Å². The largest absolute Gasteiger partial charge is 0.497 e. The lowest BCUT2D eigenvalue weighted by Gasteiger charge is -2.06. The molecule has 5 rings (SSSR count). The van der Waals surface area contributed by atoms with Crippen molar-refractivity contribution in [1.29, 1.82) is 0 Å². The van der Waals surface area contributed by atoms with E-state index in [1.165, 1.54) is 5.56 Å². The van der Waals surface area contributed by atoms with E-state index in [0.717, 1.165) is 46.8 Å². The van der Waals surface area contributed by atoms with Crippen LogP contribution in [0.15, 0.2) is 49.1 Å². The second kappa shape index (κ2) is 8.80. The summed E-state index contributed by atoms with van der Waals surface area (Å²) in [5, 5.41) is 9.51. The molecule has 0 N–H and O–H groups in total. The predicted molar refractivity (Wildman–Crippen MR) is 117 cm³/mol. The Morgan fingerprint density at radius 1 is 0.969 bits per heavy atom. The highest BCUT2D eigenvalue weighted by Gasteiger charge is 2.23. The Balaban J connectivity index is 1.48. The van der Waals surface area contributed by atoms with Crippen LogP contribution in [0.3, 0.4) is 0 Å². The van der Waals surface area contributed by atoms with Gasteiger partial charge in [0.25, 0.3) is 0 Å². The van der Waals surface area contributed by atoms with E-state index in [-0.39, 0.29) is 0 Å². The van der Waals surface area contributed by atoms with Gasteiger partial charge >= 0.3 is 6.01 Å². The lowest BCUT2D eigenvalue weighted by Crippen LogP contribution is -2.06. The molecule has 1 aliphatic rings. The van der Waals surface area contributed by atoms with E-state index < -0.39 is 0 Å². The lowest BCUT2D eigenvalue weighted by atomic mass is 10.1. The molecule has 0 bridgehead atoms.